The Labute approximate surface area is 195 Å². The first kappa shape index (κ1) is 22.5. The van der Waals surface area contributed by atoms with E-state index in [1.807, 2.05) is 62.4 Å². The van der Waals surface area contributed by atoms with E-state index in [-0.39, 0.29) is 18.7 Å². The summed E-state index contributed by atoms with van der Waals surface area (Å²) in [4.78, 5) is 39.2. The number of aryl methyl sites for hydroxylation is 2. The van der Waals surface area contributed by atoms with Gasteiger partial charge in [0.1, 0.15) is 11.5 Å². The van der Waals surface area contributed by atoms with Crippen molar-refractivity contribution in [1.29, 1.82) is 0 Å². The third-order valence-corrected chi connectivity index (χ3v) is 6.48. The van der Waals surface area contributed by atoms with Gasteiger partial charge in [-0.25, -0.2) is 4.79 Å². The summed E-state index contributed by atoms with van der Waals surface area (Å²) in [5.74, 6) is -0.891. The molecule has 7 heteroatoms. The van der Waals surface area contributed by atoms with E-state index in [2.05, 4.69) is 5.32 Å². The molecule has 2 aromatic carbocycles. The van der Waals surface area contributed by atoms with E-state index < -0.39 is 11.9 Å². The summed E-state index contributed by atoms with van der Waals surface area (Å²) in [5.41, 5.74) is 3.50. The summed E-state index contributed by atoms with van der Waals surface area (Å²) >= 11 is 1.30. The molecule has 0 aliphatic rings. The minimum absolute atomic E-state index is 0.165. The van der Waals surface area contributed by atoms with Crippen molar-refractivity contribution < 1.29 is 14.3 Å². The molecule has 4 aromatic rings. The first-order valence-electron chi connectivity index (χ1n) is 10.6. The van der Waals surface area contributed by atoms with Crippen molar-refractivity contribution in [2.45, 2.75) is 27.3 Å². The van der Waals surface area contributed by atoms with Crippen LogP contribution in [-0.2, 0) is 16.1 Å². The first-order valence-corrected chi connectivity index (χ1v) is 11.5. The maximum atomic E-state index is 13.0. The minimum atomic E-state index is -0.500. The molecule has 1 amide bonds. The molecule has 2 aromatic heterocycles. The van der Waals surface area contributed by atoms with E-state index in [0.29, 0.717) is 10.6 Å². The number of hydrogen-bond acceptors (Lipinski definition) is 5. The predicted molar refractivity (Wildman–Crippen MR) is 132 cm³/mol. The Kier molecular flexibility index (Phi) is 6.42. The highest BCUT2D eigenvalue weighted by Crippen LogP contribution is 2.36. The fourth-order valence-corrected chi connectivity index (χ4v) is 4.91. The van der Waals surface area contributed by atoms with Gasteiger partial charge >= 0.3 is 5.97 Å². The summed E-state index contributed by atoms with van der Waals surface area (Å²) in [6, 6.07) is 18.7. The molecule has 33 heavy (non-hydrogen) atoms. The van der Waals surface area contributed by atoms with Gasteiger partial charge in [-0.1, -0.05) is 48.5 Å². The van der Waals surface area contributed by atoms with Gasteiger partial charge in [0.25, 0.3) is 5.56 Å². The molecule has 0 atom stereocenters. The molecular weight excluding hydrogens is 436 g/mol. The largest absolute Gasteiger partial charge is 0.462 e. The molecule has 168 valence electrons. The zero-order valence-corrected chi connectivity index (χ0v) is 19.5. The smallest absolute Gasteiger partial charge is 0.341 e. The van der Waals surface area contributed by atoms with Crippen molar-refractivity contribution in [1.82, 2.24) is 4.57 Å². The number of aromatic nitrogens is 1. The number of anilines is 1. The van der Waals surface area contributed by atoms with Crippen LogP contribution < -0.4 is 10.9 Å². The van der Waals surface area contributed by atoms with Crippen LogP contribution in [0.25, 0.3) is 21.3 Å². The van der Waals surface area contributed by atoms with E-state index in [4.69, 9.17) is 4.74 Å². The van der Waals surface area contributed by atoms with Crippen molar-refractivity contribution in [2.24, 2.45) is 0 Å². The molecule has 0 aliphatic carbocycles. The van der Waals surface area contributed by atoms with Crippen LogP contribution in [0.2, 0.25) is 0 Å². The maximum absolute atomic E-state index is 13.0. The lowest BCUT2D eigenvalue weighted by Crippen LogP contribution is -2.28. The monoisotopic (exact) mass is 460 g/mol. The Hall–Kier alpha value is -3.71. The van der Waals surface area contributed by atoms with Gasteiger partial charge in [0, 0.05) is 16.3 Å². The van der Waals surface area contributed by atoms with Crippen molar-refractivity contribution in [3.63, 3.8) is 0 Å². The van der Waals surface area contributed by atoms with E-state index in [1.54, 1.807) is 13.0 Å². The second-order valence-electron chi connectivity index (χ2n) is 7.71. The summed E-state index contributed by atoms with van der Waals surface area (Å²) in [5, 5.41) is 4.16. The fraction of sp³-hybridized carbons (Fsp3) is 0.192. The fourth-order valence-electron chi connectivity index (χ4n) is 3.84. The number of carbonyl (C=O) groups excluding carboxylic acids is 2. The topological polar surface area (TPSA) is 77.4 Å². The second-order valence-corrected chi connectivity index (χ2v) is 8.76. The number of nitrogens with zero attached hydrogens (tertiary/aromatic N) is 1. The van der Waals surface area contributed by atoms with Crippen LogP contribution in [0.4, 0.5) is 5.00 Å². The summed E-state index contributed by atoms with van der Waals surface area (Å²) < 4.78 is 6.66. The van der Waals surface area contributed by atoms with E-state index >= 15 is 0 Å². The number of rotatable bonds is 6. The number of esters is 1. The van der Waals surface area contributed by atoms with Gasteiger partial charge in [-0.05, 0) is 43.5 Å². The standard InChI is InChI=1S/C26H24N2O4S/c1-4-32-26(31)20-14-21(18-10-6-5-7-11-18)33-25(20)27-22(29)15-28-23(30)13-17(3)19-12-8-9-16(2)24(19)28/h5-14H,4,15H2,1-3H3,(H,27,29). The number of ether oxygens (including phenoxy) is 1. The maximum Gasteiger partial charge on any atom is 0.341 e. The van der Waals surface area contributed by atoms with Gasteiger partial charge in [-0.3, -0.25) is 14.2 Å². The molecule has 0 saturated heterocycles. The third kappa shape index (κ3) is 4.59. The van der Waals surface area contributed by atoms with E-state index in [9.17, 15) is 14.4 Å². The van der Waals surface area contributed by atoms with Crippen molar-refractivity contribution in [3.05, 3.63) is 87.7 Å². The van der Waals surface area contributed by atoms with Crippen LogP contribution in [0.3, 0.4) is 0 Å². The highest BCUT2D eigenvalue weighted by Gasteiger charge is 2.21. The molecule has 0 spiro atoms. The number of amides is 1. The number of para-hydroxylation sites is 1. The average molecular weight is 461 g/mol. The van der Waals surface area contributed by atoms with Gasteiger partial charge in [0.2, 0.25) is 5.91 Å². The number of fused-ring (bicyclic) bond motifs is 1. The number of thiophene rings is 1. The highest BCUT2D eigenvalue weighted by atomic mass is 32.1. The number of nitrogens with one attached hydrogen (secondary N) is 1. The zero-order valence-electron chi connectivity index (χ0n) is 18.7. The Morgan fingerprint density at radius 2 is 1.76 bits per heavy atom. The molecular formula is C26H24N2O4S. The average Bonchev–Trinajstić information content (AvgIpc) is 3.21. The molecule has 1 N–H and O–H groups in total. The molecule has 0 unspecified atom stereocenters. The molecule has 0 saturated carbocycles. The molecule has 0 fully saturated rings. The van der Waals surface area contributed by atoms with Crippen LogP contribution in [0.15, 0.2) is 65.5 Å². The highest BCUT2D eigenvalue weighted by molar-refractivity contribution is 7.20. The molecule has 0 bridgehead atoms. The summed E-state index contributed by atoms with van der Waals surface area (Å²) in [6.07, 6.45) is 0. The van der Waals surface area contributed by atoms with Crippen molar-refractivity contribution in [2.75, 3.05) is 11.9 Å². The van der Waals surface area contributed by atoms with E-state index in [0.717, 1.165) is 32.5 Å². The van der Waals surface area contributed by atoms with Crippen LogP contribution in [0, 0.1) is 13.8 Å². The Morgan fingerprint density at radius 3 is 2.48 bits per heavy atom. The first-order chi connectivity index (χ1) is 15.9. The molecule has 0 aliphatic heterocycles. The van der Waals surface area contributed by atoms with Gasteiger partial charge in [0.05, 0.1) is 17.7 Å². The van der Waals surface area contributed by atoms with Crippen LogP contribution in [-0.4, -0.2) is 23.1 Å². The third-order valence-electron chi connectivity index (χ3n) is 5.38. The number of benzene rings is 2. The van der Waals surface area contributed by atoms with Gasteiger partial charge in [0.15, 0.2) is 0 Å². The molecule has 2 heterocycles. The summed E-state index contributed by atoms with van der Waals surface area (Å²) in [6.45, 7) is 5.60. The summed E-state index contributed by atoms with van der Waals surface area (Å²) in [7, 11) is 0. The van der Waals surface area contributed by atoms with Crippen LogP contribution in [0.1, 0.15) is 28.4 Å². The SMILES string of the molecule is CCOC(=O)c1cc(-c2ccccc2)sc1NC(=O)Cn1c(=O)cc(C)c2cccc(C)c21. The lowest BCUT2D eigenvalue weighted by molar-refractivity contribution is -0.116. The Bertz CT molecular complexity index is 1400. The Morgan fingerprint density at radius 1 is 1.00 bits per heavy atom. The van der Waals surface area contributed by atoms with Crippen molar-refractivity contribution >= 4 is 39.1 Å². The minimum Gasteiger partial charge on any atom is -0.462 e. The molecule has 6 nitrogen and oxygen atoms in total. The number of carbonyl (C=O) groups is 2. The molecule has 4 rings (SSSR count). The molecule has 0 radical (unpaired) electrons. The van der Waals surface area contributed by atoms with Gasteiger partial charge in [-0.15, -0.1) is 11.3 Å². The zero-order chi connectivity index (χ0) is 23.5. The Balaban J connectivity index is 1.69. The lowest BCUT2D eigenvalue weighted by Gasteiger charge is -2.14. The van der Waals surface area contributed by atoms with Gasteiger partial charge in [-0.2, -0.15) is 0 Å². The number of hydrogen-bond donors (Lipinski definition) is 1. The lowest BCUT2D eigenvalue weighted by atomic mass is 10.1. The van der Waals surface area contributed by atoms with Crippen LogP contribution in [0.5, 0.6) is 0 Å². The number of pyridine rings is 1. The van der Waals surface area contributed by atoms with Crippen molar-refractivity contribution in [3.8, 4) is 10.4 Å². The second kappa shape index (κ2) is 9.42. The predicted octanol–water partition coefficient (Wildman–Crippen LogP) is 5.16. The van der Waals surface area contributed by atoms with Crippen LogP contribution >= 0.6 is 11.3 Å². The van der Waals surface area contributed by atoms with Gasteiger partial charge < -0.3 is 10.1 Å². The quantitative estimate of drug-likeness (QED) is 0.403. The normalized spacial score (nSPS) is 10.9. The van der Waals surface area contributed by atoms with E-state index in [1.165, 1.54) is 22.0 Å².